The molecule has 4 heterocycles. The van der Waals surface area contributed by atoms with E-state index in [2.05, 4.69) is 180 Å². The fourth-order valence-electron chi connectivity index (χ4n) is 8.65. The standard InChI is InChI=1S/C49H34N4/c1-31-24-26-42(32-14-4-2-5-15-32)50-49(51-47(31)33-16-6-3-7-17-33)53-45-23-13-8-18-36(45)39-28-34(25-27-46(39)53)35-29-40-37-19-9-11-21-43(37)52-44-22-12-10-20-38(44)41(30-35)48(40)52/h2-23,25,27-30H,24,26H2,1H3/b47-31+,50-42?,51-49?. The number of rotatable bonds is 3. The highest BCUT2D eigenvalue weighted by molar-refractivity contribution is 6.25. The van der Waals surface area contributed by atoms with Gasteiger partial charge in [-0.15, -0.1) is 0 Å². The third-order valence-corrected chi connectivity index (χ3v) is 11.2. The molecule has 7 aromatic carbocycles. The molecule has 0 N–H and O–H groups in total. The molecule has 53 heavy (non-hydrogen) atoms. The Morgan fingerprint density at radius 1 is 0.415 bits per heavy atom. The maximum Gasteiger partial charge on any atom is 0.235 e. The third-order valence-electron chi connectivity index (χ3n) is 11.2. The van der Waals surface area contributed by atoms with Gasteiger partial charge in [0, 0.05) is 37.9 Å². The van der Waals surface area contributed by atoms with Crippen LogP contribution < -0.4 is 0 Å². The summed E-state index contributed by atoms with van der Waals surface area (Å²) in [6.07, 6.45) is 1.72. The van der Waals surface area contributed by atoms with Crippen molar-refractivity contribution in [1.82, 2.24) is 8.97 Å². The summed E-state index contributed by atoms with van der Waals surface area (Å²) in [6.45, 7) is 2.22. The Morgan fingerprint density at radius 3 is 1.60 bits per heavy atom. The summed E-state index contributed by atoms with van der Waals surface area (Å²) in [4.78, 5) is 10.9. The monoisotopic (exact) mass is 678 g/mol. The molecule has 0 amide bonds. The van der Waals surface area contributed by atoms with E-state index in [9.17, 15) is 0 Å². The molecule has 0 fully saturated rings. The van der Waals surface area contributed by atoms with Crippen LogP contribution in [-0.2, 0) is 0 Å². The summed E-state index contributed by atoms with van der Waals surface area (Å²) < 4.78 is 4.71. The van der Waals surface area contributed by atoms with E-state index in [-0.39, 0.29) is 0 Å². The van der Waals surface area contributed by atoms with Gasteiger partial charge in [0.25, 0.3) is 0 Å². The molecule has 0 radical (unpaired) electrons. The quantitative estimate of drug-likeness (QED) is 0.178. The number of benzene rings is 7. The first-order chi connectivity index (χ1) is 26.2. The van der Waals surface area contributed by atoms with Gasteiger partial charge in [0.15, 0.2) is 0 Å². The lowest BCUT2D eigenvalue weighted by Crippen LogP contribution is -2.16. The topological polar surface area (TPSA) is 34.1 Å². The van der Waals surface area contributed by atoms with E-state index in [0.717, 1.165) is 46.4 Å². The number of hydrogen-bond donors (Lipinski definition) is 0. The van der Waals surface area contributed by atoms with Crippen LogP contribution >= 0.6 is 0 Å². The lowest BCUT2D eigenvalue weighted by Gasteiger charge is -2.17. The van der Waals surface area contributed by atoms with Crippen molar-refractivity contribution in [2.24, 2.45) is 9.98 Å². The predicted molar refractivity (Wildman–Crippen MR) is 224 cm³/mol. The molecule has 4 nitrogen and oxygen atoms in total. The van der Waals surface area contributed by atoms with Gasteiger partial charge >= 0.3 is 0 Å². The molecule has 10 aromatic rings. The Balaban J connectivity index is 1.17. The van der Waals surface area contributed by atoms with E-state index in [1.807, 2.05) is 0 Å². The molecule has 0 unspecified atom stereocenters. The van der Waals surface area contributed by atoms with Gasteiger partial charge in [0.05, 0.1) is 39.0 Å². The molecule has 0 atom stereocenters. The second kappa shape index (κ2) is 11.6. The van der Waals surface area contributed by atoms with E-state index in [1.54, 1.807) is 0 Å². The maximum atomic E-state index is 5.46. The molecule has 3 aromatic heterocycles. The van der Waals surface area contributed by atoms with Gasteiger partial charge in [-0.2, -0.15) is 0 Å². The Morgan fingerprint density at radius 2 is 0.943 bits per heavy atom. The number of hydrogen-bond acceptors (Lipinski definition) is 2. The van der Waals surface area contributed by atoms with Crippen LogP contribution in [0.5, 0.6) is 0 Å². The minimum absolute atomic E-state index is 0.680. The summed E-state index contributed by atoms with van der Waals surface area (Å²) in [5, 5.41) is 7.50. The highest BCUT2D eigenvalue weighted by atomic mass is 15.2. The van der Waals surface area contributed by atoms with Crippen molar-refractivity contribution in [3.63, 3.8) is 0 Å². The summed E-state index contributed by atoms with van der Waals surface area (Å²) >= 11 is 0. The zero-order valence-corrected chi connectivity index (χ0v) is 29.3. The molecule has 1 aliphatic heterocycles. The predicted octanol–water partition coefficient (Wildman–Crippen LogP) is 12.5. The fraction of sp³-hybridized carbons (Fsp3) is 0.0612. The zero-order valence-electron chi connectivity index (χ0n) is 29.3. The maximum absolute atomic E-state index is 5.46. The molecule has 0 spiro atoms. The number of aromatic nitrogens is 2. The third kappa shape index (κ3) is 4.55. The van der Waals surface area contributed by atoms with Gasteiger partial charge < -0.3 is 4.40 Å². The number of fused-ring (bicyclic) bond motifs is 9. The van der Waals surface area contributed by atoms with E-state index < -0.39 is 0 Å². The molecular weight excluding hydrogens is 645 g/mol. The minimum Gasteiger partial charge on any atom is -0.308 e. The van der Waals surface area contributed by atoms with Crippen molar-refractivity contribution in [1.29, 1.82) is 0 Å². The molecule has 0 aliphatic carbocycles. The van der Waals surface area contributed by atoms with Gasteiger partial charge in [-0.25, -0.2) is 9.98 Å². The zero-order chi connectivity index (χ0) is 35.0. The van der Waals surface area contributed by atoms with Crippen molar-refractivity contribution in [2.45, 2.75) is 19.8 Å². The van der Waals surface area contributed by atoms with Crippen LogP contribution in [0.3, 0.4) is 0 Å². The highest BCUT2D eigenvalue weighted by Gasteiger charge is 2.22. The second-order valence-electron chi connectivity index (χ2n) is 14.2. The minimum atomic E-state index is 0.680. The van der Waals surface area contributed by atoms with Crippen molar-refractivity contribution in [3.05, 3.63) is 180 Å². The van der Waals surface area contributed by atoms with E-state index in [0.29, 0.717) is 5.96 Å². The van der Waals surface area contributed by atoms with Gasteiger partial charge in [0.2, 0.25) is 5.96 Å². The molecule has 4 heteroatoms. The SMILES string of the molecule is C/C1=C(/c2ccccc2)N=C(n2c3ccccc3c3cc(-c4cc5c6ccccc6n6c7ccccc7c(c4)c56)ccc32)N=C(c2ccccc2)CC1. The van der Waals surface area contributed by atoms with Crippen molar-refractivity contribution in [2.75, 3.05) is 0 Å². The van der Waals surface area contributed by atoms with Crippen LogP contribution in [0.15, 0.2) is 179 Å². The Labute approximate surface area is 306 Å². The van der Waals surface area contributed by atoms with Crippen molar-refractivity contribution in [3.8, 4) is 11.1 Å². The molecule has 11 rings (SSSR count). The first kappa shape index (κ1) is 29.9. The Kier molecular flexibility index (Phi) is 6.56. The molecule has 250 valence electrons. The Hall–Kier alpha value is -6.78. The van der Waals surface area contributed by atoms with Crippen LogP contribution in [0.4, 0.5) is 0 Å². The Bertz CT molecular complexity index is 3070. The largest absolute Gasteiger partial charge is 0.308 e. The van der Waals surface area contributed by atoms with E-state index >= 15 is 0 Å². The molecular formula is C49H34N4. The van der Waals surface area contributed by atoms with Gasteiger partial charge in [0.1, 0.15) is 0 Å². The highest BCUT2D eigenvalue weighted by Crippen LogP contribution is 2.42. The average molecular weight is 679 g/mol. The summed E-state index contributed by atoms with van der Waals surface area (Å²) in [5.74, 6) is 0.680. The van der Waals surface area contributed by atoms with Crippen molar-refractivity contribution < 1.29 is 0 Å². The van der Waals surface area contributed by atoms with Crippen LogP contribution in [0.1, 0.15) is 30.9 Å². The molecule has 1 aliphatic rings. The van der Waals surface area contributed by atoms with Crippen LogP contribution in [0, 0.1) is 0 Å². The van der Waals surface area contributed by atoms with Crippen LogP contribution in [-0.4, -0.2) is 20.6 Å². The van der Waals surface area contributed by atoms with Gasteiger partial charge in [-0.05, 0) is 84.5 Å². The van der Waals surface area contributed by atoms with Crippen molar-refractivity contribution >= 4 is 77.3 Å². The summed E-state index contributed by atoms with van der Waals surface area (Å²) in [6, 6.07) is 59.0. The number of para-hydroxylation sites is 3. The summed E-state index contributed by atoms with van der Waals surface area (Å²) in [7, 11) is 0. The normalized spacial score (nSPS) is 15.5. The van der Waals surface area contributed by atoms with E-state index in [1.165, 1.54) is 65.6 Å². The average Bonchev–Trinajstić information content (AvgIpc) is 3.85. The van der Waals surface area contributed by atoms with Crippen LogP contribution in [0.2, 0.25) is 0 Å². The lowest BCUT2D eigenvalue weighted by molar-refractivity contribution is 0.998. The fourth-order valence-corrected chi connectivity index (χ4v) is 8.65. The van der Waals surface area contributed by atoms with E-state index in [4.69, 9.17) is 9.98 Å². The van der Waals surface area contributed by atoms with Crippen LogP contribution in [0.25, 0.3) is 76.7 Å². The number of aliphatic imine (C=N–C) groups is 2. The lowest BCUT2D eigenvalue weighted by atomic mass is 9.98. The number of allylic oxidation sites excluding steroid dienone is 1. The molecule has 0 saturated heterocycles. The van der Waals surface area contributed by atoms with Gasteiger partial charge in [-0.1, -0.05) is 121 Å². The first-order valence-corrected chi connectivity index (χ1v) is 18.4. The van der Waals surface area contributed by atoms with Gasteiger partial charge in [-0.3, -0.25) is 4.57 Å². The molecule has 0 bridgehead atoms. The first-order valence-electron chi connectivity index (χ1n) is 18.4. The summed E-state index contributed by atoms with van der Waals surface area (Å²) in [5.41, 5.74) is 13.9. The smallest absolute Gasteiger partial charge is 0.235 e. The second-order valence-corrected chi connectivity index (χ2v) is 14.2. The number of nitrogens with zero attached hydrogens (tertiary/aromatic N) is 4. The molecule has 0 saturated carbocycles.